The van der Waals surface area contributed by atoms with Crippen molar-refractivity contribution in [3.63, 3.8) is 0 Å². The van der Waals surface area contributed by atoms with E-state index in [-0.39, 0.29) is 17.3 Å². The fourth-order valence-electron chi connectivity index (χ4n) is 3.95. The molecule has 1 aromatic carbocycles. The second kappa shape index (κ2) is 6.31. The summed E-state index contributed by atoms with van der Waals surface area (Å²) in [4.78, 5) is 32.1. The molecule has 1 N–H and O–H groups in total. The number of pyridine rings is 1. The molecule has 0 radical (unpaired) electrons. The summed E-state index contributed by atoms with van der Waals surface area (Å²) >= 11 is 0. The third-order valence-electron chi connectivity index (χ3n) is 5.20. The Kier molecular flexibility index (Phi) is 3.99. The fourth-order valence-corrected chi connectivity index (χ4v) is 3.95. The predicted molar refractivity (Wildman–Crippen MR) is 98.9 cm³/mol. The van der Waals surface area contributed by atoms with Crippen LogP contribution in [0.1, 0.15) is 43.7 Å². The first kappa shape index (κ1) is 15.8. The molecule has 5 nitrogen and oxygen atoms in total. The number of fused-ring (bicyclic) bond motifs is 1. The predicted octanol–water partition coefficient (Wildman–Crippen LogP) is 3.57. The highest BCUT2D eigenvalue weighted by molar-refractivity contribution is 5.92. The highest BCUT2D eigenvalue weighted by Gasteiger charge is 2.22. The van der Waals surface area contributed by atoms with Crippen LogP contribution >= 0.6 is 0 Å². The van der Waals surface area contributed by atoms with E-state index in [9.17, 15) is 9.59 Å². The number of H-pyrrole nitrogens is 1. The third-order valence-corrected chi connectivity index (χ3v) is 5.20. The standard InChI is InChI=1S/C20H21N3O2/c1-13-7-5-6-10-15(13)16-11-12-21-18-17(16)19(24)22-20(25)23(18)14-8-3-2-4-9-14/h5-7,10-12,14H,2-4,8-9H2,1H3,(H,22,24,25). The minimum atomic E-state index is -0.363. The zero-order chi connectivity index (χ0) is 17.4. The van der Waals surface area contributed by atoms with Gasteiger partial charge in [-0.15, -0.1) is 0 Å². The van der Waals surface area contributed by atoms with E-state index < -0.39 is 0 Å². The van der Waals surface area contributed by atoms with Gasteiger partial charge in [0.15, 0.2) is 0 Å². The number of hydrogen-bond acceptors (Lipinski definition) is 3. The molecule has 2 heterocycles. The van der Waals surface area contributed by atoms with Crippen LogP contribution < -0.4 is 11.2 Å². The van der Waals surface area contributed by atoms with E-state index in [0.717, 1.165) is 42.4 Å². The molecule has 0 aliphatic heterocycles. The zero-order valence-electron chi connectivity index (χ0n) is 14.3. The van der Waals surface area contributed by atoms with Gasteiger partial charge in [0.2, 0.25) is 0 Å². The number of aromatic amines is 1. The molecule has 0 amide bonds. The molecule has 0 unspecified atom stereocenters. The van der Waals surface area contributed by atoms with Crippen molar-refractivity contribution in [3.05, 3.63) is 62.9 Å². The van der Waals surface area contributed by atoms with Crippen LogP contribution in [-0.2, 0) is 0 Å². The van der Waals surface area contributed by atoms with Gasteiger partial charge < -0.3 is 0 Å². The van der Waals surface area contributed by atoms with Gasteiger partial charge in [-0.25, -0.2) is 9.78 Å². The topological polar surface area (TPSA) is 67.8 Å². The molecule has 0 bridgehead atoms. The molecule has 1 fully saturated rings. The van der Waals surface area contributed by atoms with Crippen molar-refractivity contribution < 1.29 is 0 Å². The maximum atomic E-state index is 12.6. The summed E-state index contributed by atoms with van der Waals surface area (Å²) in [6.45, 7) is 2.02. The summed E-state index contributed by atoms with van der Waals surface area (Å²) in [5.41, 5.74) is 2.70. The molecule has 3 aromatic rings. The summed E-state index contributed by atoms with van der Waals surface area (Å²) in [7, 11) is 0. The SMILES string of the molecule is Cc1ccccc1-c1ccnc2c1c(=O)[nH]c(=O)n2C1CCCCC1. The minimum Gasteiger partial charge on any atom is -0.274 e. The van der Waals surface area contributed by atoms with Crippen LogP contribution in [0, 0.1) is 6.92 Å². The average molecular weight is 335 g/mol. The van der Waals surface area contributed by atoms with Gasteiger partial charge in [0.1, 0.15) is 5.65 Å². The van der Waals surface area contributed by atoms with E-state index in [0.29, 0.717) is 11.0 Å². The Balaban J connectivity index is 2.04. The van der Waals surface area contributed by atoms with E-state index in [2.05, 4.69) is 9.97 Å². The van der Waals surface area contributed by atoms with Gasteiger partial charge in [0.05, 0.1) is 5.39 Å². The summed E-state index contributed by atoms with van der Waals surface area (Å²) in [5, 5.41) is 0.502. The molecule has 1 aliphatic rings. The first-order chi connectivity index (χ1) is 12.2. The van der Waals surface area contributed by atoms with Crippen molar-refractivity contribution in [2.24, 2.45) is 0 Å². The summed E-state index contributed by atoms with van der Waals surface area (Å²) < 4.78 is 1.71. The van der Waals surface area contributed by atoms with Crippen LogP contribution in [0.2, 0.25) is 0 Å². The highest BCUT2D eigenvalue weighted by atomic mass is 16.2. The van der Waals surface area contributed by atoms with E-state index >= 15 is 0 Å². The fraction of sp³-hybridized carbons (Fsp3) is 0.350. The maximum Gasteiger partial charge on any atom is 0.330 e. The van der Waals surface area contributed by atoms with Crippen molar-refractivity contribution in [2.45, 2.75) is 45.1 Å². The first-order valence-electron chi connectivity index (χ1n) is 8.86. The Morgan fingerprint density at radius 2 is 1.80 bits per heavy atom. The Labute approximate surface area is 145 Å². The van der Waals surface area contributed by atoms with Crippen molar-refractivity contribution in [1.29, 1.82) is 0 Å². The van der Waals surface area contributed by atoms with E-state index in [1.54, 1.807) is 10.8 Å². The van der Waals surface area contributed by atoms with Crippen LogP contribution in [0.5, 0.6) is 0 Å². The molecule has 128 valence electrons. The maximum absolute atomic E-state index is 12.6. The lowest BCUT2D eigenvalue weighted by Crippen LogP contribution is -2.34. The Morgan fingerprint density at radius 1 is 1.04 bits per heavy atom. The lowest BCUT2D eigenvalue weighted by Gasteiger charge is -2.24. The zero-order valence-corrected chi connectivity index (χ0v) is 14.3. The molecule has 0 saturated heterocycles. The van der Waals surface area contributed by atoms with Gasteiger partial charge in [0, 0.05) is 12.2 Å². The molecule has 2 aromatic heterocycles. The lowest BCUT2D eigenvalue weighted by molar-refractivity contribution is 0.349. The van der Waals surface area contributed by atoms with Crippen molar-refractivity contribution in [1.82, 2.24) is 14.5 Å². The van der Waals surface area contributed by atoms with E-state index in [4.69, 9.17) is 0 Å². The van der Waals surface area contributed by atoms with Crippen LogP contribution in [0.3, 0.4) is 0 Å². The molecule has 1 aliphatic carbocycles. The normalized spacial score (nSPS) is 15.6. The number of aromatic nitrogens is 3. The lowest BCUT2D eigenvalue weighted by atomic mass is 9.94. The van der Waals surface area contributed by atoms with Crippen LogP contribution in [0.4, 0.5) is 0 Å². The van der Waals surface area contributed by atoms with E-state index in [1.165, 1.54) is 6.42 Å². The van der Waals surface area contributed by atoms with Gasteiger partial charge in [-0.1, -0.05) is 43.5 Å². The number of hydrogen-bond donors (Lipinski definition) is 1. The number of aryl methyl sites for hydroxylation is 1. The monoisotopic (exact) mass is 335 g/mol. The molecule has 0 atom stereocenters. The Hall–Kier alpha value is -2.69. The molecule has 5 heteroatoms. The average Bonchev–Trinajstić information content (AvgIpc) is 2.62. The molecule has 25 heavy (non-hydrogen) atoms. The van der Waals surface area contributed by atoms with Crippen molar-refractivity contribution in [2.75, 3.05) is 0 Å². The van der Waals surface area contributed by atoms with Gasteiger partial charge in [-0.3, -0.25) is 14.3 Å². The van der Waals surface area contributed by atoms with Gasteiger partial charge in [-0.05, 0) is 42.5 Å². The number of nitrogens with one attached hydrogen (secondary N) is 1. The molecule has 0 spiro atoms. The molecule has 4 rings (SSSR count). The smallest absolute Gasteiger partial charge is 0.274 e. The highest BCUT2D eigenvalue weighted by Crippen LogP contribution is 2.31. The van der Waals surface area contributed by atoms with E-state index in [1.807, 2.05) is 37.3 Å². The van der Waals surface area contributed by atoms with Crippen molar-refractivity contribution in [3.8, 4) is 11.1 Å². The second-order valence-electron chi connectivity index (χ2n) is 6.79. The molecule has 1 saturated carbocycles. The largest absolute Gasteiger partial charge is 0.330 e. The van der Waals surface area contributed by atoms with Gasteiger partial charge in [0.25, 0.3) is 5.56 Å². The Bertz CT molecular complexity index is 1040. The molecular formula is C20H21N3O2. The quantitative estimate of drug-likeness (QED) is 0.778. The summed E-state index contributed by atoms with van der Waals surface area (Å²) in [6, 6.07) is 9.92. The van der Waals surface area contributed by atoms with Crippen LogP contribution in [0.25, 0.3) is 22.2 Å². The minimum absolute atomic E-state index is 0.111. The van der Waals surface area contributed by atoms with Crippen LogP contribution in [0.15, 0.2) is 46.1 Å². The summed E-state index contributed by atoms with van der Waals surface area (Å²) in [6.07, 6.45) is 7.02. The number of nitrogens with zero attached hydrogens (tertiary/aromatic N) is 2. The second-order valence-corrected chi connectivity index (χ2v) is 6.79. The number of benzene rings is 1. The first-order valence-corrected chi connectivity index (χ1v) is 8.86. The van der Waals surface area contributed by atoms with Crippen molar-refractivity contribution >= 4 is 11.0 Å². The Morgan fingerprint density at radius 3 is 2.56 bits per heavy atom. The molecular weight excluding hydrogens is 314 g/mol. The van der Waals surface area contributed by atoms with Gasteiger partial charge in [-0.2, -0.15) is 0 Å². The summed E-state index contributed by atoms with van der Waals surface area (Å²) in [5.74, 6) is 0. The third kappa shape index (κ3) is 2.69. The van der Waals surface area contributed by atoms with Crippen LogP contribution in [-0.4, -0.2) is 14.5 Å². The van der Waals surface area contributed by atoms with Gasteiger partial charge >= 0.3 is 5.69 Å². The number of rotatable bonds is 2.